The Bertz CT molecular complexity index is 323. The number of carbonyl (C=O) groups excluding carboxylic acids is 1. The Labute approximate surface area is 113 Å². The molecule has 2 saturated heterocycles. The minimum atomic E-state index is -2.73. The first kappa shape index (κ1) is 15.6. The van der Waals surface area contributed by atoms with Gasteiger partial charge in [-0.2, -0.15) is 0 Å². The molecular formula is C12H21ClF2N2O. The SMILES string of the molecule is CC1(C)CCCN(C(=O)C2CC(F)(F)CN2)C1.Cl. The lowest BCUT2D eigenvalue weighted by molar-refractivity contribution is -0.136. The van der Waals surface area contributed by atoms with Crippen LogP contribution in [0.1, 0.15) is 33.1 Å². The van der Waals surface area contributed by atoms with E-state index in [1.54, 1.807) is 4.90 Å². The highest BCUT2D eigenvalue weighted by Crippen LogP contribution is 2.31. The number of hydrogen-bond donors (Lipinski definition) is 1. The summed E-state index contributed by atoms with van der Waals surface area (Å²) < 4.78 is 26.1. The lowest BCUT2D eigenvalue weighted by Crippen LogP contribution is -2.49. The van der Waals surface area contributed by atoms with E-state index in [9.17, 15) is 13.6 Å². The van der Waals surface area contributed by atoms with Crippen LogP contribution in [0.3, 0.4) is 0 Å². The molecule has 106 valence electrons. The van der Waals surface area contributed by atoms with Crippen LogP contribution in [0.5, 0.6) is 0 Å². The van der Waals surface area contributed by atoms with Gasteiger partial charge in [-0.15, -0.1) is 12.4 Å². The van der Waals surface area contributed by atoms with Crippen LogP contribution in [0.4, 0.5) is 8.78 Å². The number of nitrogens with zero attached hydrogens (tertiary/aromatic N) is 1. The zero-order valence-corrected chi connectivity index (χ0v) is 11.7. The van der Waals surface area contributed by atoms with Gasteiger partial charge in [0.25, 0.3) is 5.92 Å². The Hall–Kier alpha value is -0.420. The minimum Gasteiger partial charge on any atom is -0.341 e. The van der Waals surface area contributed by atoms with E-state index in [0.29, 0.717) is 13.1 Å². The topological polar surface area (TPSA) is 32.3 Å². The normalized spacial score (nSPS) is 29.8. The third kappa shape index (κ3) is 3.54. The first-order valence-corrected chi connectivity index (χ1v) is 6.19. The van der Waals surface area contributed by atoms with E-state index in [0.717, 1.165) is 12.8 Å². The molecule has 3 nitrogen and oxygen atoms in total. The van der Waals surface area contributed by atoms with Crippen LogP contribution in [0.15, 0.2) is 0 Å². The van der Waals surface area contributed by atoms with E-state index < -0.39 is 12.0 Å². The van der Waals surface area contributed by atoms with Gasteiger partial charge in [-0.3, -0.25) is 10.1 Å². The van der Waals surface area contributed by atoms with Gasteiger partial charge in [-0.1, -0.05) is 13.8 Å². The third-order valence-electron chi connectivity index (χ3n) is 3.62. The van der Waals surface area contributed by atoms with Crippen LogP contribution >= 0.6 is 12.4 Å². The van der Waals surface area contributed by atoms with Crippen molar-refractivity contribution in [2.24, 2.45) is 5.41 Å². The van der Waals surface area contributed by atoms with Crippen molar-refractivity contribution in [3.63, 3.8) is 0 Å². The number of likely N-dealkylation sites (tertiary alicyclic amines) is 1. The van der Waals surface area contributed by atoms with Crippen LogP contribution in [0.25, 0.3) is 0 Å². The van der Waals surface area contributed by atoms with Crippen LogP contribution in [0.2, 0.25) is 0 Å². The molecule has 6 heteroatoms. The molecule has 2 heterocycles. The minimum absolute atomic E-state index is 0. The van der Waals surface area contributed by atoms with Crippen molar-refractivity contribution in [1.82, 2.24) is 10.2 Å². The third-order valence-corrected chi connectivity index (χ3v) is 3.62. The molecular weight excluding hydrogens is 262 g/mol. The number of nitrogens with one attached hydrogen (secondary N) is 1. The summed E-state index contributed by atoms with van der Waals surface area (Å²) in [5.74, 6) is -2.89. The van der Waals surface area contributed by atoms with Gasteiger partial charge in [0.05, 0.1) is 12.6 Å². The van der Waals surface area contributed by atoms with Gasteiger partial charge < -0.3 is 4.90 Å². The maximum atomic E-state index is 13.0. The zero-order chi connectivity index (χ0) is 12.7. The maximum Gasteiger partial charge on any atom is 0.262 e. The molecule has 1 N–H and O–H groups in total. The van der Waals surface area contributed by atoms with Crippen molar-refractivity contribution in [2.75, 3.05) is 19.6 Å². The van der Waals surface area contributed by atoms with Crippen molar-refractivity contribution in [2.45, 2.75) is 45.1 Å². The van der Waals surface area contributed by atoms with Crippen molar-refractivity contribution >= 4 is 18.3 Å². The zero-order valence-electron chi connectivity index (χ0n) is 10.8. The van der Waals surface area contributed by atoms with Crippen LogP contribution in [-0.2, 0) is 4.79 Å². The number of carbonyl (C=O) groups is 1. The first-order valence-electron chi connectivity index (χ1n) is 6.19. The molecule has 18 heavy (non-hydrogen) atoms. The molecule has 0 aromatic rings. The fourth-order valence-electron chi connectivity index (χ4n) is 2.72. The van der Waals surface area contributed by atoms with Gasteiger partial charge in [0, 0.05) is 19.5 Å². The summed E-state index contributed by atoms with van der Waals surface area (Å²) in [7, 11) is 0. The molecule has 0 saturated carbocycles. The monoisotopic (exact) mass is 282 g/mol. The van der Waals surface area contributed by atoms with Crippen LogP contribution < -0.4 is 5.32 Å². The summed E-state index contributed by atoms with van der Waals surface area (Å²) in [5.41, 5.74) is 0.106. The van der Waals surface area contributed by atoms with Gasteiger partial charge in [0.2, 0.25) is 5.91 Å². The summed E-state index contributed by atoms with van der Waals surface area (Å²) in [6.07, 6.45) is 1.69. The summed E-state index contributed by atoms with van der Waals surface area (Å²) in [6, 6.07) is -0.695. The molecule has 2 fully saturated rings. The number of amides is 1. The van der Waals surface area contributed by atoms with Crippen molar-refractivity contribution in [3.05, 3.63) is 0 Å². The number of halogens is 3. The van der Waals surface area contributed by atoms with Crippen LogP contribution in [-0.4, -0.2) is 42.4 Å². The Balaban J connectivity index is 0.00000162. The molecule has 0 aromatic carbocycles. The second-order valence-corrected chi connectivity index (χ2v) is 6.02. The highest BCUT2D eigenvalue weighted by Gasteiger charge is 2.44. The van der Waals surface area contributed by atoms with Crippen LogP contribution in [0, 0.1) is 5.41 Å². The van der Waals surface area contributed by atoms with E-state index in [4.69, 9.17) is 0 Å². The molecule has 0 aromatic heterocycles. The number of alkyl halides is 2. The molecule has 0 aliphatic carbocycles. The van der Waals surface area contributed by atoms with E-state index >= 15 is 0 Å². The van der Waals surface area contributed by atoms with Crippen molar-refractivity contribution in [1.29, 1.82) is 0 Å². The lowest BCUT2D eigenvalue weighted by Gasteiger charge is -2.39. The average Bonchev–Trinajstić information content (AvgIpc) is 2.56. The van der Waals surface area contributed by atoms with Crippen molar-refractivity contribution < 1.29 is 13.6 Å². The molecule has 1 unspecified atom stereocenters. The molecule has 0 radical (unpaired) electrons. The molecule has 0 spiro atoms. The molecule has 0 bridgehead atoms. The Kier molecular flexibility index (Phi) is 4.60. The highest BCUT2D eigenvalue weighted by molar-refractivity contribution is 5.85. The van der Waals surface area contributed by atoms with E-state index in [2.05, 4.69) is 19.2 Å². The standard InChI is InChI=1S/C12H20F2N2O.ClH/c1-11(2)4-3-5-16(8-11)10(17)9-6-12(13,14)7-15-9;/h9,15H,3-8H2,1-2H3;1H. The average molecular weight is 283 g/mol. The van der Waals surface area contributed by atoms with E-state index in [1.165, 1.54) is 0 Å². The number of rotatable bonds is 1. The quantitative estimate of drug-likeness (QED) is 0.798. The molecule has 1 amide bonds. The number of piperidine rings is 1. The van der Waals surface area contributed by atoms with Gasteiger partial charge >= 0.3 is 0 Å². The first-order chi connectivity index (χ1) is 7.79. The largest absolute Gasteiger partial charge is 0.341 e. The van der Waals surface area contributed by atoms with E-state index in [1.807, 2.05) is 0 Å². The molecule has 2 aliphatic heterocycles. The Morgan fingerprint density at radius 2 is 2.06 bits per heavy atom. The predicted molar refractivity (Wildman–Crippen MR) is 68.2 cm³/mol. The maximum absolute atomic E-state index is 13.0. The summed E-state index contributed by atoms with van der Waals surface area (Å²) in [6.45, 7) is 5.23. The molecule has 1 atom stereocenters. The fraction of sp³-hybridized carbons (Fsp3) is 0.917. The van der Waals surface area contributed by atoms with Gasteiger partial charge in [-0.25, -0.2) is 8.78 Å². The smallest absolute Gasteiger partial charge is 0.262 e. The van der Waals surface area contributed by atoms with E-state index in [-0.39, 0.29) is 36.7 Å². The molecule has 2 rings (SSSR count). The highest BCUT2D eigenvalue weighted by atomic mass is 35.5. The molecule has 2 aliphatic rings. The Morgan fingerprint density at radius 1 is 1.39 bits per heavy atom. The second-order valence-electron chi connectivity index (χ2n) is 6.02. The Morgan fingerprint density at radius 3 is 2.56 bits per heavy atom. The summed E-state index contributed by atoms with van der Waals surface area (Å²) in [5, 5.41) is 2.63. The second kappa shape index (κ2) is 5.29. The fourth-order valence-corrected chi connectivity index (χ4v) is 2.72. The summed E-state index contributed by atoms with van der Waals surface area (Å²) >= 11 is 0. The number of hydrogen-bond acceptors (Lipinski definition) is 2. The van der Waals surface area contributed by atoms with Gasteiger partial charge in [-0.05, 0) is 18.3 Å². The van der Waals surface area contributed by atoms with Crippen molar-refractivity contribution in [3.8, 4) is 0 Å². The lowest BCUT2D eigenvalue weighted by atomic mass is 9.84. The van der Waals surface area contributed by atoms with Gasteiger partial charge in [0.15, 0.2) is 0 Å². The van der Waals surface area contributed by atoms with Gasteiger partial charge in [0.1, 0.15) is 0 Å². The predicted octanol–water partition coefficient (Wildman–Crippen LogP) is 2.05. The summed E-state index contributed by atoms with van der Waals surface area (Å²) in [4.78, 5) is 13.8.